The monoisotopic (exact) mass is 496 g/mol. The lowest BCUT2D eigenvalue weighted by molar-refractivity contribution is -0.229. The Kier molecular flexibility index (Phi) is 6.88. The second-order valence-corrected chi connectivity index (χ2v) is 9.10. The van der Waals surface area contributed by atoms with Crippen molar-refractivity contribution in [3.8, 4) is 5.75 Å². The van der Waals surface area contributed by atoms with E-state index in [9.17, 15) is 14.4 Å². The molecule has 0 saturated carbocycles. The Morgan fingerprint density at radius 1 is 1.17 bits per heavy atom. The molecule has 0 bridgehead atoms. The van der Waals surface area contributed by atoms with Gasteiger partial charge in [-0.05, 0) is 55.3 Å². The number of benzene rings is 1. The van der Waals surface area contributed by atoms with Gasteiger partial charge in [-0.25, -0.2) is 9.59 Å². The van der Waals surface area contributed by atoms with Crippen LogP contribution in [0.5, 0.6) is 5.75 Å². The van der Waals surface area contributed by atoms with Crippen LogP contribution in [-0.4, -0.2) is 49.8 Å². The fraction of sp³-hybridized carbons (Fsp3) is 0.370. The van der Waals surface area contributed by atoms with Crippen molar-refractivity contribution in [2.45, 2.75) is 50.8 Å². The van der Waals surface area contributed by atoms with Crippen molar-refractivity contribution >= 4 is 22.9 Å². The van der Waals surface area contributed by atoms with Crippen LogP contribution < -0.4 is 10.4 Å². The van der Waals surface area contributed by atoms with Crippen molar-refractivity contribution < 1.29 is 37.7 Å². The first-order valence-electron chi connectivity index (χ1n) is 11.4. The number of fused-ring (bicyclic) bond motifs is 2. The first-order valence-corrected chi connectivity index (χ1v) is 11.4. The van der Waals surface area contributed by atoms with E-state index in [2.05, 4.69) is 0 Å². The highest BCUT2D eigenvalue weighted by molar-refractivity contribution is 5.83. The molecule has 3 unspecified atom stereocenters. The summed E-state index contributed by atoms with van der Waals surface area (Å²) < 4.78 is 33.3. The number of carbonyl (C=O) groups excluding carboxylic acids is 2. The molecule has 2 aromatic rings. The average Bonchev–Trinajstić information content (AvgIpc) is 2.82. The van der Waals surface area contributed by atoms with Gasteiger partial charge in [0.2, 0.25) is 0 Å². The summed E-state index contributed by atoms with van der Waals surface area (Å²) in [4.78, 5) is 35.7. The van der Waals surface area contributed by atoms with Crippen molar-refractivity contribution in [3.05, 3.63) is 76.2 Å². The number of hydrogen-bond donors (Lipinski definition) is 0. The first-order chi connectivity index (χ1) is 17.0. The predicted octanol–water partition coefficient (Wildman–Crippen LogP) is 3.39. The average molecular weight is 497 g/mol. The second-order valence-electron chi connectivity index (χ2n) is 9.10. The Hall–Kier alpha value is -3.69. The Bertz CT molecular complexity index is 1330. The van der Waals surface area contributed by atoms with E-state index in [4.69, 9.17) is 28.1 Å². The molecule has 0 N–H and O–H groups in total. The molecular weight excluding hydrogens is 468 g/mol. The van der Waals surface area contributed by atoms with Gasteiger partial charge in [-0.3, -0.25) is 4.79 Å². The molecule has 0 saturated heterocycles. The topological polar surface area (TPSA) is 111 Å². The summed E-state index contributed by atoms with van der Waals surface area (Å²) in [6.07, 6.45) is 6.98. The summed E-state index contributed by atoms with van der Waals surface area (Å²) in [5, 5.41) is 0.756. The molecule has 1 aromatic carbocycles. The van der Waals surface area contributed by atoms with Gasteiger partial charge in [0, 0.05) is 51.2 Å². The van der Waals surface area contributed by atoms with Gasteiger partial charge in [-0.2, -0.15) is 0 Å². The summed E-state index contributed by atoms with van der Waals surface area (Å²) >= 11 is 0. The number of hydrogen-bond acceptors (Lipinski definition) is 9. The summed E-state index contributed by atoms with van der Waals surface area (Å²) in [7, 11) is 2.88. The third kappa shape index (κ3) is 5.12. The number of methoxy groups -OCH3 is 2. The minimum atomic E-state index is -1.39. The van der Waals surface area contributed by atoms with Crippen molar-refractivity contribution in [1.29, 1.82) is 0 Å². The summed E-state index contributed by atoms with van der Waals surface area (Å²) in [5.41, 5.74) is 0.683. The molecule has 9 heteroatoms. The van der Waals surface area contributed by atoms with Gasteiger partial charge in [0.25, 0.3) is 5.79 Å². The van der Waals surface area contributed by atoms with Crippen LogP contribution in [0.1, 0.15) is 26.3 Å². The van der Waals surface area contributed by atoms with Crippen LogP contribution in [0.15, 0.2) is 69.4 Å². The van der Waals surface area contributed by atoms with Crippen LogP contribution in [0.3, 0.4) is 0 Å². The van der Waals surface area contributed by atoms with Crippen molar-refractivity contribution in [1.82, 2.24) is 0 Å². The summed E-state index contributed by atoms with van der Waals surface area (Å²) in [6.45, 7) is 4.95. The van der Waals surface area contributed by atoms with Gasteiger partial charge in [0.15, 0.2) is 0 Å². The molecule has 3 atom stereocenters. The van der Waals surface area contributed by atoms with Crippen molar-refractivity contribution in [2.75, 3.05) is 14.2 Å². The van der Waals surface area contributed by atoms with E-state index in [0.717, 1.165) is 10.9 Å². The molecule has 9 nitrogen and oxygen atoms in total. The minimum Gasteiger partial charge on any atom is -0.484 e. The molecular formula is C27H28O9. The maximum Gasteiger partial charge on any atom is 0.336 e. The third-order valence-electron chi connectivity index (χ3n) is 6.15. The fourth-order valence-electron chi connectivity index (χ4n) is 4.26. The SMILES string of the molecule is COC1C=C(C=CC(=O)OC2Cc3cc4ccc(=O)oc4cc3OC2(C)C)C=CC1(OC)OC(C)=O. The second kappa shape index (κ2) is 9.75. The number of rotatable bonds is 6. The Morgan fingerprint density at radius 2 is 1.94 bits per heavy atom. The zero-order valence-corrected chi connectivity index (χ0v) is 20.7. The molecule has 0 fully saturated rings. The van der Waals surface area contributed by atoms with E-state index >= 15 is 0 Å². The highest BCUT2D eigenvalue weighted by Crippen LogP contribution is 2.37. The van der Waals surface area contributed by atoms with Gasteiger partial charge < -0.3 is 28.1 Å². The Morgan fingerprint density at radius 3 is 2.64 bits per heavy atom. The number of ether oxygens (including phenoxy) is 5. The fourth-order valence-corrected chi connectivity index (χ4v) is 4.26. The van der Waals surface area contributed by atoms with E-state index in [1.165, 1.54) is 33.3 Å². The highest BCUT2D eigenvalue weighted by Gasteiger charge is 2.42. The zero-order valence-electron chi connectivity index (χ0n) is 20.7. The van der Waals surface area contributed by atoms with Gasteiger partial charge in [-0.1, -0.05) is 6.08 Å². The Labute approximate surface area is 207 Å². The van der Waals surface area contributed by atoms with E-state index in [0.29, 0.717) is 23.3 Å². The zero-order chi connectivity index (χ0) is 26.1. The maximum absolute atomic E-state index is 12.7. The lowest BCUT2D eigenvalue weighted by Gasteiger charge is -2.39. The van der Waals surface area contributed by atoms with Crippen LogP contribution >= 0.6 is 0 Å². The van der Waals surface area contributed by atoms with Crippen LogP contribution in [0.2, 0.25) is 0 Å². The lowest BCUT2D eigenvalue weighted by atomic mass is 9.90. The van der Waals surface area contributed by atoms with E-state index in [-0.39, 0.29) is 0 Å². The number of esters is 2. The van der Waals surface area contributed by atoms with Crippen LogP contribution in [0, 0.1) is 0 Å². The minimum absolute atomic E-state index is 0.435. The standard InChI is InChI=1S/C27H28O9/c1-16(28)35-27(32-5)11-10-17(12-23(27)31-4)6-8-25(30)34-22-14-19-13-18-7-9-24(29)33-20(18)15-21(19)36-26(22,2)3/h6-13,15,22-23H,14H2,1-5H3. The van der Waals surface area contributed by atoms with E-state index in [1.54, 1.807) is 36.4 Å². The summed E-state index contributed by atoms with van der Waals surface area (Å²) in [5.74, 6) is -1.86. The normalized spacial score (nSPS) is 24.6. The van der Waals surface area contributed by atoms with Crippen LogP contribution in [-0.2, 0) is 35.0 Å². The van der Waals surface area contributed by atoms with Crippen LogP contribution in [0.25, 0.3) is 11.0 Å². The van der Waals surface area contributed by atoms with Crippen LogP contribution in [0.4, 0.5) is 0 Å². The molecule has 4 rings (SSSR count). The number of allylic oxidation sites excluding steroid dienone is 3. The van der Waals surface area contributed by atoms with Gasteiger partial charge in [-0.15, -0.1) is 0 Å². The molecule has 1 aromatic heterocycles. The summed E-state index contributed by atoms with van der Waals surface area (Å²) in [6, 6.07) is 6.60. The number of carbonyl (C=O) groups is 2. The molecule has 2 aliphatic rings. The first kappa shape index (κ1) is 25.4. The smallest absolute Gasteiger partial charge is 0.336 e. The van der Waals surface area contributed by atoms with E-state index < -0.39 is 41.2 Å². The Balaban J connectivity index is 1.48. The molecule has 2 heterocycles. The lowest BCUT2D eigenvalue weighted by Crippen LogP contribution is -2.48. The maximum atomic E-state index is 12.7. The molecule has 0 radical (unpaired) electrons. The molecule has 0 amide bonds. The highest BCUT2D eigenvalue weighted by atomic mass is 16.7. The quantitative estimate of drug-likeness (QED) is 0.257. The molecule has 1 aliphatic heterocycles. The largest absolute Gasteiger partial charge is 0.484 e. The van der Waals surface area contributed by atoms with Gasteiger partial charge >= 0.3 is 17.6 Å². The van der Waals surface area contributed by atoms with Crippen molar-refractivity contribution in [2.24, 2.45) is 0 Å². The predicted molar refractivity (Wildman–Crippen MR) is 129 cm³/mol. The van der Waals surface area contributed by atoms with Gasteiger partial charge in [0.1, 0.15) is 29.1 Å². The molecule has 1 aliphatic carbocycles. The van der Waals surface area contributed by atoms with E-state index in [1.807, 2.05) is 19.9 Å². The third-order valence-corrected chi connectivity index (χ3v) is 6.15. The molecule has 0 spiro atoms. The van der Waals surface area contributed by atoms with Gasteiger partial charge in [0.05, 0.1) is 0 Å². The molecule has 190 valence electrons. The molecule has 36 heavy (non-hydrogen) atoms. The van der Waals surface area contributed by atoms with Crippen molar-refractivity contribution in [3.63, 3.8) is 0 Å².